The second-order valence-electron chi connectivity index (χ2n) is 3.25. The van der Waals surface area contributed by atoms with Crippen molar-refractivity contribution in [3.63, 3.8) is 0 Å². The van der Waals surface area contributed by atoms with Gasteiger partial charge in [0, 0.05) is 6.20 Å². The van der Waals surface area contributed by atoms with Crippen LogP contribution in [0.25, 0.3) is 0 Å². The molecule has 0 amide bonds. The van der Waals surface area contributed by atoms with Crippen LogP contribution in [0.1, 0.15) is 5.56 Å². The van der Waals surface area contributed by atoms with Crippen LogP contribution in [0.2, 0.25) is 5.02 Å². The molecule has 17 heavy (non-hydrogen) atoms. The highest BCUT2D eigenvalue weighted by molar-refractivity contribution is 7.80. The monoisotopic (exact) mass is 264 g/mol. The van der Waals surface area contributed by atoms with Crippen LogP contribution in [0, 0.1) is 0 Å². The van der Waals surface area contributed by atoms with Crippen molar-refractivity contribution >= 4 is 28.8 Å². The molecule has 2 N–H and O–H groups in total. The van der Waals surface area contributed by atoms with Gasteiger partial charge >= 0.3 is 0 Å². The Labute approximate surface area is 109 Å². The predicted molar refractivity (Wildman–Crippen MR) is 71.7 cm³/mol. The Hall–Kier alpha value is -1.65. The van der Waals surface area contributed by atoms with Gasteiger partial charge in [-0.1, -0.05) is 36.0 Å². The number of para-hydroxylation sites is 1. The van der Waals surface area contributed by atoms with Crippen LogP contribution in [-0.2, 0) is 0 Å². The number of benzene rings is 1. The minimum atomic E-state index is 0.236. The van der Waals surface area contributed by atoms with E-state index in [9.17, 15) is 0 Å². The van der Waals surface area contributed by atoms with E-state index in [1.54, 1.807) is 30.5 Å². The molecule has 0 saturated carbocycles. The molecule has 1 heterocycles. The number of thiocarbonyl (C=S) groups is 1. The summed E-state index contributed by atoms with van der Waals surface area (Å²) in [6.07, 6.45) is 1.61. The fourth-order valence-electron chi connectivity index (χ4n) is 1.29. The van der Waals surface area contributed by atoms with Gasteiger partial charge in [-0.15, -0.1) is 0 Å². The zero-order chi connectivity index (χ0) is 12.3. The maximum Gasteiger partial charge on any atom is 0.229 e. The number of ether oxygens (including phenoxy) is 1. The number of nitrogens with zero attached hydrogens (tertiary/aromatic N) is 1. The van der Waals surface area contributed by atoms with E-state index in [2.05, 4.69) is 4.98 Å². The molecule has 86 valence electrons. The van der Waals surface area contributed by atoms with Gasteiger partial charge in [0.25, 0.3) is 0 Å². The van der Waals surface area contributed by atoms with Gasteiger partial charge in [0.05, 0.1) is 10.6 Å². The molecule has 0 aliphatic carbocycles. The lowest BCUT2D eigenvalue weighted by atomic mass is 10.2. The highest BCUT2D eigenvalue weighted by Gasteiger charge is 2.09. The summed E-state index contributed by atoms with van der Waals surface area (Å²) in [5.41, 5.74) is 6.17. The third kappa shape index (κ3) is 2.72. The molecule has 2 rings (SSSR count). The van der Waals surface area contributed by atoms with Gasteiger partial charge in [-0.3, -0.25) is 0 Å². The standard InChI is InChI=1S/C12H9ClN2OS/c13-9-5-1-2-6-10(9)16-12-8(11(14)17)4-3-7-15-12/h1-7H,(H2,14,17). The molecule has 1 aromatic carbocycles. The van der Waals surface area contributed by atoms with Crippen molar-refractivity contribution in [3.05, 3.63) is 53.2 Å². The molecule has 5 heteroatoms. The Kier molecular flexibility index (Phi) is 3.56. The van der Waals surface area contributed by atoms with Crippen LogP contribution in [0.4, 0.5) is 0 Å². The molecular weight excluding hydrogens is 256 g/mol. The average Bonchev–Trinajstić information content (AvgIpc) is 2.32. The van der Waals surface area contributed by atoms with Gasteiger partial charge < -0.3 is 10.5 Å². The summed E-state index contributed by atoms with van der Waals surface area (Å²) in [7, 11) is 0. The van der Waals surface area contributed by atoms with Crippen LogP contribution < -0.4 is 10.5 Å². The first-order chi connectivity index (χ1) is 8.18. The number of rotatable bonds is 3. The van der Waals surface area contributed by atoms with E-state index in [1.165, 1.54) is 0 Å². The second kappa shape index (κ2) is 5.12. The van der Waals surface area contributed by atoms with E-state index in [0.717, 1.165) is 0 Å². The largest absolute Gasteiger partial charge is 0.437 e. The number of hydrogen-bond acceptors (Lipinski definition) is 3. The summed E-state index contributed by atoms with van der Waals surface area (Å²) < 4.78 is 5.59. The van der Waals surface area contributed by atoms with Crippen LogP contribution in [-0.4, -0.2) is 9.97 Å². The Balaban J connectivity index is 2.37. The summed E-state index contributed by atoms with van der Waals surface area (Å²) >= 11 is 10.9. The van der Waals surface area contributed by atoms with Crippen LogP contribution in [0.3, 0.4) is 0 Å². The lowest BCUT2D eigenvalue weighted by Gasteiger charge is -2.09. The first-order valence-corrected chi connectivity index (χ1v) is 5.64. The van der Waals surface area contributed by atoms with Gasteiger partial charge in [0.15, 0.2) is 0 Å². The summed E-state index contributed by atoms with van der Waals surface area (Å²) in [6, 6.07) is 10.6. The summed E-state index contributed by atoms with van der Waals surface area (Å²) in [5, 5.41) is 0.507. The normalized spacial score (nSPS) is 9.94. The summed E-state index contributed by atoms with van der Waals surface area (Å²) in [4.78, 5) is 4.32. The van der Waals surface area contributed by atoms with Crippen molar-refractivity contribution in [2.24, 2.45) is 5.73 Å². The molecule has 0 aliphatic heterocycles. The van der Waals surface area contributed by atoms with Crippen molar-refractivity contribution in [2.75, 3.05) is 0 Å². The summed E-state index contributed by atoms with van der Waals surface area (Å²) in [6.45, 7) is 0. The molecule has 0 bridgehead atoms. The number of hydrogen-bond donors (Lipinski definition) is 1. The topological polar surface area (TPSA) is 48.1 Å². The van der Waals surface area contributed by atoms with Crippen molar-refractivity contribution in [1.82, 2.24) is 4.98 Å². The van der Waals surface area contributed by atoms with Gasteiger partial charge in [-0.05, 0) is 24.3 Å². The highest BCUT2D eigenvalue weighted by atomic mass is 35.5. The van der Waals surface area contributed by atoms with Crippen molar-refractivity contribution in [3.8, 4) is 11.6 Å². The highest BCUT2D eigenvalue weighted by Crippen LogP contribution is 2.29. The molecule has 0 atom stereocenters. The minimum absolute atomic E-state index is 0.236. The maximum absolute atomic E-state index is 5.99. The fourth-order valence-corrected chi connectivity index (χ4v) is 1.62. The Morgan fingerprint density at radius 3 is 2.71 bits per heavy atom. The SMILES string of the molecule is NC(=S)c1cccnc1Oc1ccccc1Cl. The number of aromatic nitrogens is 1. The fraction of sp³-hybridized carbons (Fsp3) is 0. The van der Waals surface area contributed by atoms with E-state index in [0.29, 0.717) is 22.2 Å². The Morgan fingerprint density at radius 1 is 1.24 bits per heavy atom. The lowest BCUT2D eigenvalue weighted by molar-refractivity contribution is 0.462. The van der Waals surface area contributed by atoms with Crippen molar-refractivity contribution < 1.29 is 4.74 Å². The van der Waals surface area contributed by atoms with Crippen LogP contribution in [0.15, 0.2) is 42.6 Å². The van der Waals surface area contributed by atoms with Gasteiger partial charge in [0.1, 0.15) is 10.7 Å². The second-order valence-corrected chi connectivity index (χ2v) is 4.10. The minimum Gasteiger partial charge on any atom is -0.437 e. The van der Waals surface area contributed by atoms with E-state index in [1.807, 2.05) is 12.1 Å². The molecular formula is C12H9ClN2OS. The zero-order valence-corrected chi connectivity index (χ0v) is 10.3. The van der Waals surface area contributed by atoms with Crippen LogP contribution >= 0.6 is 23.8 Å². The quantitative estimate of drug-likeness (QED) is 0.865. The molecule has 1 aromatic heterocycles. The van der Waals surface area contributed by atoms with Gasteiger partial charge in [-0.2, -0.15) is 0 Å². The molecule has 3 nitrogen and oxygen atoms in total. The third-order valence-corrected chi connectivity index (χ3v) is 2.61. The lowest BCUT2D eigenvalue weighted by Crippen LogP contribution is -2.11. The molecule has 0 spiro atoms. The van der Waals surface area contributed by atoms with Crippen LogP contribution in [0.5, 0.6) is 11.6 Å². The molecule has 0 fully saturated rings. The van der Waals surface area contributed by atoms with E-state index >= 15 is 0 Å². The third-order valence-electron chi connectivity index (χ3n) is 2.08. The number of nitrogens with two attached hydrogens (primary N) is 1. The molecule has 0 unspecified atom stereocenters. The number of halogens is 1. The molecule has 0 aliphatic rings. The van der Waals surface area contributed by atoms with E-state index < -0.39 is 0 Å². The van der Waals surface area contributed by atoms with Gasteiger partial charge in [-0.25, -0.2) is 4.98 Å². The van der Waals surface area contributed by atoms with E-state index in [-0.39, 0.29) is 4.99 Å². The van der Waals surface area contributed by atoms with Gasteiger partial charge in [0.2, 0.25) is 5.88 Å². The first-order valence-electron chi connectivity index (χ1n) is 4.85. The first kappa shape index (κ1) is 11.8. The van der Waals surface area contributed by atoms with E-state index in [4.69, 9.17) is 34.3 Å². The predicted octanol–water partition coefficient (Wildman–Crippen LogP) is 3.16. The van der Waals surface area contributed by atoms with Crippen molar-refractivity contribution in [2.45, 2.75) is 0 Å². The molecule has 2 aromatic rings. The zero-order valence-electron chi connectivity index (χ0n) is 8.76. The Morgan fingerprint density at radius 2 is 2.00 bits per heavy atom. The summed E-state index contributed by atoms with van der Waals surface area (Å²) in [5.74, 6) is 0.874. The Bertz CT molecular complexity index is 560. The smallest absolute Gasteiger partial charge is 0.229 e. The maximum atomic E-state index is 5.99. The van der Waals surface area contributed by atoms with Crippen molar-refractivity contribution in [1.29, 1.82) is 0 Å². The number of pyridine rings is 1. The average molecular weight is 265 g/mol. The molecule has 0 radical (unpaired) electrons. The molecule has 0 saturated heterocycles.